The van der Waals surface area contributed by atoms with Crippen molar-refractivity contribution in [2.45, 2.75) is 24.3 Å². The van der Waals surface area contributed by atoms with Crippen LogP contribution in [0.2, 0.25) is 5.02 Å². The molecule has 3 aromatic rings. The van der Waals surface area contributed by atoms with Gasteiger partial charge in [0.2, 0.25) is 10.0 Å². The third kappa shape index (κ3) is 4.00. The van der Waals surface area contributed by atoms with E-state index in [2.05, 4.69) is 10.4 Å². The molecule has 0 unspecified atom stereocenters. The monoisotopic (exact) mass is 447 g/mol. The zero-order valence-electron chi connectivity index (χ0n) is 16.5. The van der Waals surface area contributed by atoms with Crippen molar-refractivity contribution < 1.29 is 13.2 Å². The van der Waals surface area contributed by atoms with Crippen LogP contribution in [0.3, 0.4) is 0 Å². The summed E-state index contributed by atoms with van der Waals surface area (Å²) in [5.74, 6) is 0.0753. The van der Waals surface area contributed by atoms with E-state index in [1.165, 1.54) is 21.1 Å². The Morgan fingerprint density at radius 2 is 1.93 bits per heavy atom. The molecule has 0 radical (unpaired) electrons. The van der Waals surface area contributed by atoms with E-state index in [1.807, 2.05) is 18.2 Å². The molecule has 30 heavy (non-hydrogen) atoms. The number of halogens is 1. The molecular formula is C20H22ClN5O3S. The van der Waals surface area contributed by atoms with E-state index in [0.717, 1.165) is 18.4 Å². The van der Waals surface area contributed by atoms with Gasteiger partial charge in [0.05, 0.1) is 12.7 Å². The van der Waals surface area contributed by atoms with Crippen LogP contribution in [-0.2, 0) is 23.6 Å². The highest BCUT2D eigenvalue weighted by Gasteiger charge is 2.29. The highest BCUT2D eigenvalue weighted by Crippen LogP contribution is 2.23. The summed E-state index contributed by atoms with van der Waals surface area (Å²) in [4.78, 5) is 13.0. The third-order valence-electron chi connectivity index (χ3n) is 5.15. The van der Waals surface area contributed by atoms with Crippen LogP contribution in [0.1, 0.15) is 28.9 Å². The molecule has 10 heteroatoms. The Labute approximate surface area is 180 Å². The number of benzene rings is 1. The number of anilines is 1. The van der Waals surface area contributed by atoms with E-state index in [-0.39, 0.29) is 10.6 Å². The second kappa shape index (κ2) is 8.25. The molecule has 0 aliphatic carbocycles. The number of carbonyl (C=O) groups is 1. The van der Waals surface area contributed by atoms with Gasteiger partial charge in [-0.25, -0.2) is 13.1 Å². The van der Waals surface area contributed by atoms with E-state index in [1.54, 1.807) is 30.1 Å². The van der Waals surface area contributed by atoms with Crippen molar-refractivity contribution in [1.82, 2.24) is 18.7 Å². The first-order valence-electron chi connectivity index (χ1n) is 9.59. The third-order valence-corrected chi connectivity index (χ3v) is 7.38. The van der Waals surface area contributed by atoms with Crippen molar-refractivity contribution in [3.05, 3.63) is 65.1 Å². The topological polar surface area (TPSA) is 89.2 Å². The summed E-state index contributed by atoms with van der Waals surface area (Å²) < 4.78 is 30.2. The first-order valence-corrected chi connectivity index (χ1v) is 11.4. The molecule has 1 aliphatic rings. The average Bonchev–Trinajstić information content (AvgIpc) is 3.45. The number of rotatable bonds is 6. The fourth-order valence-electron chi connectivity index (χ4n) is 3.51. The fourth-order valence-corrected chi connectivity index (χ4v) is 5.30. The lowest BCUT2D eigenvalue weighted by atomic mass is 10.2. The molecule has 158 valence electrons. The molecule has 0 saturated carbocycles. The molecular weight excluding hydrogens is 426 g/mol. The Morgan fingerprint density at radius 1 is 1.20 bits per heavy atom. The number of nitrogens with zero attached hydrogens (tertiary/aromatic N) is 4. The predicted octanol–water partition coefficient (Wildman–Crippen LogP) is 2.96. The zero-order valence-corrected chi connectivity index (χ0v) is 18.0. The van der Waals surface area contributed by atoms with Crippen molar-refractivity contribution >= 4 is 33.3 Å². The Hall–Kier alpha value is -2.62. The van der Waals surface area contributed by atoms with Gasteiger partial charge in [0.15, 0.2) is 0 Å². The smallest absolute Gasteiger partial charge is 0.273 e. The zero-order chi connectivity index (χ0) is 21.3. The normalized spacial score (nSPS) is 14.9. The maximum absolute atomic E-state index is 12.9. The van der Waals surface area contributed by atoms with Crippen molar-refractivity contribution in [3.63, 3.8) is 0 Å². The molecule has 8 nitrogen and oxygen atoms in total. The first-order chi connectivity index (χ1) is 14.4. The van der Waals surface area contributed by atoms with Crippen LogP contribution in [0.5, 0.6) is 0 Å². The Kier molecular flexibility index (Phi) is 5.68. The van der Waals surface area contributed by atoms with Crippen LogP contribution in [0.15, 0.2) is 53.7 Å². The van der Waals surface area contributed by atoms with Crippen LogP contribution in [0, 0.1) is 0 Å². The number of hydrogen-bond donors (Lipinski definition) is 1. The van der Waals surface area contributed by atoms with E-state index in [0.29, 0.717) is 30.5 Å². The van der Waals surface area contributed by atoms with E-state index < -0.39 is 15.9 Å². The lowest BCUT2D eigenvalue weighted by molar-refractivity contribution is 0.101. The van der Waals surface area contributed by atoms with E-state index in [4.69, 9.17) is 11.6 Å². The fraction of sp³-hybridized carbons (Fsp3) is 0.300. The Balaban J connectivity index is 1.54. The van der Waals surface area contributed by atoms with E-state index in [9.17, 15) is 13.2 Å². The van der Waals surface area contributed by atoms with Gasteiger partial charge >= 0.3 is 0 Å². The summed E-state index contributed by atoms with van der Waals surface area (Å²) >= 11 is 6.22. The summed E-state index contributed by atoms with van der Waals surface area (Å²) in [6.07, 6.45) is 4.77. The molecule has 1 fully saturated rings. The average molecular weight is 448 g/mol. The number of amides is 1. The van der Waals surface area contributed by atoms with Crippen LogP contribution in [0.25, 0.3) is 0 Å². The standard InChI is InChI=1S/C20H22ClN5O3S/c1-24-14-16(30(28,29)25-10-4-5-11-25)12-18(24)20(27)23-19-8-9-22-26(19)13-15-6-2-3-7-17(15)21/h2-3,6-9,12,14H,4-5,10-11,13H2,1H3,(H,23,27). The maximum Gasteiger partial charge on any atom is 0.273 e. The van der Waals surface area contributed by atoms with Gasteiger partial charge in [-0.2, -0.15) is 9.40 Å². The summed E-state index contributed by atoms with van der Waals surface area (Å²) in [7, 11) is -1.94. The molecule has 1 saturated heterocycles. The van der Waals surface area contributed by atoms with Crippen LogP contribution in [-0.4, -0.2) is 46.1 Å². The van der Waals surface area contributed by atoms with Crippen LogP contribution >= 0.6 is 11.6 Å². The van der Waals surface area contributed by atoms with Crippen molar-refractivity contribution in [3.8, 4) is 0 Å². The quantitative estimate of drug-likeness (QED) is 0.629. The molecule has 1 amide bonds. The van der Waals surface area contributed by atoms with Gasteiger partial charge < -0.3 is 9.88 Å². The minimum Gasteiger partial charge on any atom is -0.345 e. The molecule has 2 aromatic heterocycles. The van der Waals surface area contributed by atoms with Gasteiger partial charge in [-0.15, -0.1) is 0 Å². The van der Waals surface area contributed by atoms with Crippen LogP contribution < -0.4 is 5.32 Å². The maximum atomic E-state index is 12.9. The molecule has 1 aromatic carbocycles. The number of aromatic nitrogens is 3. The Bertz CT molecular complexity index is 1180. The lowest BCUT2D eigenvalue weighted by Crippen LogP contribution is -2.27. The second-order valence-corrected chi connectivity index (χ2v) is 9.55. The highest BCUT2D eigenvalue weighted by atomic mass is 35.5. The summed E-state index contributed by atoms with van der Waals surface area (Å²) in [6.45, 7) is 1.42. The SMILES string of the molecule is Cn1cc(S(=O)(=O)N2CCCC2)cc1C(=O)Nc1ccnn1Cc1ccccc1Cl. The highest BCUT2D eigenvalue weighted by molar-refractivity contribution is 7.89. The number of hydrogen-bond acceptors (Lipinski definition) is 4. The molecule has 0 atom stereocenters. The van der Waals surface area contributed by atoms with Gasteiger partial charge in [-0.1, -0.05) is 29.8 Å². The largest absolute Gasteiger partial charge is 0.345 e. The number of aryl methyl sites for hydroxylation is 1. The Morgan fingerprint density at radius 3 is 2.67 bits per heavy atom. The first kappa shape index (κ1) is 20.6. The number of sulfonamides is 1. The second-order valence-electron chi connectivity index (χ2n) is 7.20. The number of nitrogens with one attached hydrogen (secondary N) is 1. The molecule has 4 rings (SSSR count). The molecule has 3 heterocycles. The summed E-state index contributed by atoms with van der Waals surface area (Å²) in [5, 5.41) is 7.68. The lowest BCUT2D eigenvalue weighted by Gasteiger charge is -2.13. The molecule has 1 aliphatic heterocycles. The molecule has 0 bridgehead atoms. The van der Waals surface area contributed by atoms with Crippen molar-refractivity contribution in [2.75, 3.05) is 18.4 Å². The van der Waals surface area contributed by atoms with Gasteiger partial charge in [-0.3, -0.25) is 4.79 Å². The van der Waals surface area contributed by atoms with Gasteiger partial charge in [0, 0.05) is 37.4 Å². The minimum absolute atomic E-state index is 0.127. The summed E-state index contributed by atoms with van der Waals surface area (Å²) in [5.41, 5.74) is 1.12. The van der Waals surface area contributed by atoms with Gasteiger partial charge in [0.25, 0.3) is 5.91 Å². The van der Waals surface area contributed by atoms with Crippen molar-refractivity contribution in [2.24, 2.45) is 7.05 Å². The summed E-state index contributed by atoms with van der Waals surface area (Å²) in [6, 6.07) is 10.5. The predicted molar refractivity (Wildman–Crippen MR) is 114 cm³/mol. The number of carbonyl (C=O) groups excluding carboxylic acids is 1. The van der Waals surface area contributed by atoms with Crippen molar-refractivity contribution in [1.29, 1.82) is 0 Å². The molecule has 1 N–H and O–H groups in total. The minimum atomic E-state index is -3.59. The van der Waals surface area contributed by atoms with Gasteiger partial charge in [0.1, 0.15) is 16.4 Å². The molecule has 0 spiro atoms. The van der Waals surface area contributed by atoms with E-state index >= 15 is 0 Å². The van der Waals surface area contributed by atoms with Gasteiger partial charge in [-0.05, 0) is 30.5 Å². The van der Waals surface area contributed by atoms with Crippen LogP contribution in [0.4, 0.5) is 5.82 Å².